The third-order valence-electron chi connectivity index (χ3n) is 13.2. The summed E-state index contributed by atoms with van der Waals surface area (Å²) >= 11 is 0.250. The quantitative estimate of drug-likeness (QED) is 0.0554. The van der Waals surface area contributed by atoms with Gasteiger partial charge in [-0.2, -0.15) is 4.57 Å². The lowest BCUT2D eigenvalue weighted by atomic mass is 9.95. The minimum atomic E-state index is -3.30. The Morgan fingerprint density at radius 2 is 0.835 bits per heavy atom. The molecular weight excluding hydrogens is 1030 g/mol. The molecule has 1 aliphatic rings. The molecule has 0 saturated carbocycles. The van der Waals surface area contributed by atoms with Gasteiger partial charge in [0.1, 0.15) is 5.69 Å². The zero-order chi connectivity index (χ0) is 54.8. The number of nitrogens with zero attached hydrogens (tertiary/aromatic N) is 3. The molecule has 1 aliphatic heterocycles. The van der Waals surface area contributed by atoms with Gasteiger partial charge in [-0.05, 0) is 106 Å². The number of para-hydroxylation sites is 3. The van der Waals surface area contributed by atoms with Gasteiger partial charge in [0.15, 0.2) is 34.3 Å². The summed E-state index contributed by atoms with van der Waals surface area (Å²) in [6, 6.07) is 71.1. The van der Waals surface area contributed by atoms with Crippen LogP contribution in [0.3, 0.4) is 0 Å². The second-order valence-electron chi connectivity index (χ2n) is 18.1. The van der Waals surface area contributed by atoms with Crippen LogP contribution in [0.4, 0.5) is 17.6 Å². The lowest BCUT2D eigenvalue weighted by Crippen LogP contribution is -2.27. The van der Waals surface area contributed by atoms with Crippen molar-refractivity contribution in [3.05, 3.63) is 277 Å². The molecule has 0 atom stereocenters. The van der Waals surface area contributed by atoms with Gasteiger partial charge in [0.25, 0.3) is 0 Å². The van der Waals surface area contributed by atoms with Crippen molar-refractivity contribution in [1.29, 1.82) is 0 Å². The molecule has 4 heterocycles. The Balaban J connectivity index is 0.000000129. The highest BCUT2D eigenvalue weighted by Gasteiger charge is 2.28. The van der Waals surface area contributed by atoms with Gasteiger partial charge in [0.2, 0.25) is 16.2 Å². The number of sulfone groups is 1. The molecule has 14 rings (SSSR count). The van der Waals surface area contributed by atoms with Gasteiger partial charge in [-0.1, -0.05) is 170 Å². The van der Waals surface area contributed by atoms with Crippen molar-refractivity contribution in [1.82, 2.24) is 15.0 Å². The van der Waals surface area contributed by atoms with Gasteiger partial charge in [-0.15, -0.1) is 0 Å². The van der Waals surface area contributed by atoms with Crippen molar-refractivity contribution in [2.45, 2.75) is 35.8 Å². The molecule has 0 spiro atoms. The van der Waals surface area contributed by atoms with Crippen LogP contribution in [0.15, 0.2) is 241 Å². The maximum absolute atomic E-state index is 12.7. The number of halogens is 4. The lowest BCUT2D eigenvalue weighted by molar-refractivity contribution is -0.567. The van der Waals surface area contributed by atoms with Crippen LogP contribution in [0.25, 0.3) is 70.8 Å². The number of hydrogen-bond acceptors (Lipinski definition) is 5. The van der Waals surface area contributed by atoms with Crippen LogP contribution in [-0.4, -0.2) is 44.3 Å². The first-order valence-electron chi connectivity index (χ1n) is 25.0. The van der Waals surface area contributed by atoms with E-state index in [0.717, 1.165) is 52.3 Å². The number of nitrogens with one attached hydrogen (secondary N) is 1. The van der Waals surface area contributed by atoms with Gasteiger partial charge in [0.05, 0.1) is 20.8 Å². The highest BCUT2D eigenvalue weighted by atomic mass is 32.2. The van der Waals surface area contributed by atoms with E-state index in [2.05, 4.69) is 147 Å². The standard InChI is InChI=1S/C18H12.C13H10N2.C13H10O2S.C12H8N2.C8H6F4.CH3.Al.H2N.H2O/c1-2-8-14-13(7-1)15-9-3-4-11-17(15)18-12-6-5-10-16(14)18;1-2-6-11(7-3-1)15-10-14-12-8-4-5-9-13(12)15;14-16(15)12-7-3-1-5-10(12)9-11-6-2-4-8-13(11)16;1-3-9-5-6-10-4-2-8-14-12(10)11(9)13-7-1;1-3-5(9)7(11)4(2)8(12)6(3)10;;;;/h1-12H;1-10H;1-8H,9H2;1-8H;1-2H3;1H3;;2*1H2/q;;;;;;+1;-1;/p+1. The Kier molecular flexibility index (Phi) is 18.4. The van der Waals surface area contributed by atoms with E-state index in [-0.39, 0.29) is 20.9 Å². The van der Waals surface area contributed by atoms with Crippen molar-refractivity contribution in [3.63, 3.8) is 0 Å². The zero-order valence-corrected chi connectivity index (χ0v) is 45.4. The number of hydrogen-bond donors (Lipinski definition) is 2. The third kappa shape index (κ3) is 12.1. The van der Waals surface area contributed by atoms with E-state index in [9.17, 15) is 26.0 Å². The largest absolute Gasteiger partial charge is 0.420 e. The highest BCUT2D eigenvalue weighted by Crippen LogP contribution is 2.35. The molecule has 0 bridgehead atoms. The SMILES string of the molecule is Cc1c(F)c(F)c(C)c(F)c1F.O.O=S1(=O)c2ccccc2Cc2ccccc21.[CH3][Al][NH2].c1ccc(-[n+]2c[nH]c3ccccc32)cc1.c1ccc2c(c1)c1ccccc1c1ccccc21.c1cnc2c(c1)ccc1cccnc12. The first kappa shape index (κ1) is 56.6. The van der Waals surface area contributed by atoms with Crippen LogP contribution < -0.4 is 9.28 Å². The molecule has 5 N–H and O–H groups in total. The molecule has 0 fully saturated rings. The molecule has 0 saturated heterocycles. The maximum Gasteiger partial charge on any atom is 0.313 e. The Hall–Kier alpha value is -8.61. The van der Waals surface area contributed by atoms with Gasteiger partial charge < -0.3 is 10.2 Å². The summed E-state index contributed by atoms with van der Waals surface area (Å²) in [4.78, 5) is 12.8. The van der Waals surface area contributed by atoms with Gasteiger partial charge in [0, 0.05) is 40.7 Å². The van der Waals surface area contributed by atoms with Crippen LogP contribution in [0.1, 0.15) is 22.3 Å². The van der Waals surface area contributed by atoms with E-state index in [4.69, 9.17) is 4.72 Å². The monoisotopic (exact) mass is 1090 g/mol. The molecule has 8 nitrogen and oxygen atoms in total. The molecule has 393 valence electrons. The number of aromatic nitrogens is 4. The summed E-state index contributed by atoms with van der Waals surface area (Å²) in [5.74, 6) is -3.32. The first-order chi connectivity index (χ1) is 37.9. The zero-order valence-electron chi connectivity index (χ0n) is 43.4. The lowest BCUT2D eigenvalue weighted by Gasteiger charge is -2.19. The van der Waals surface area contributed by atoms with Crippen LogP contribution in [0, 0.1) is 37.1 Å². The van der Waals surface area contributed by atoms with E-state index in [1.807, 2.05) is 72.8 Å². The number of imidazole rings is 1. The smallest absolute Gasteiger partial charge is 0.313 e. The first-order valence-corrected chi connectivity index (χ1v) is 28.3. The Labute approximate surface area is 461 Å². The topological polar surface area (TPSA) is 137 Å². The van der Waals surface area contributed by atoms with E-state index in [1.54, 1.807) is 36.7 Å². The summed E-state index contributed by atoms with van der Waals surface area (Å²) in [6.07, 6.45) is 6.29. The minimum Gasteiger partial charge on any atom is -0.420 e. The molecule has 79 heavy (non-hydrogen) atoms. The van der Waals surface area contributed by atoms with Crippen molar-refractivity contribution < 1.29 is 36.0 Å². The number of pyridine rings is 2. The molecular formula is C65H54AlF4N5O3S+. The van der Waals surface area contributed by atoms with Crippen molar-refractivity contribution in [2.24, 2.45) is 4.72 Å². The highest BCUT2D eigenvalue weighted by molar-refractivity contribution is 7.91. The number of H-pyrrole nitrogens is 1. The average molecular weight is 1090 g/mol. The Morgan fingerprint density at radius 1 is 0.481 bits per heavy atom. The second kappa shape index (κ2) is 25.7. The predicted octanol–water partition coefficient (Wildman–Crippen LogP) is 14.4. The number of rotatable bonds is 1. The second-order valence-corrected chi connectivity index (χ2v) is 20.6. The normalized spacial score (nSPS) is 11.6. The predicted molar refractivity (Wildman–Crippen MR) is 312 cm³/mol. The van der Waals surface area contributed by atoms with Gasteiger partial charge >= 0.3 is 15.4 Å². The minimum absolute atomic E-state index is 0. The van der Waals surface area contributed by atoms with Gasteiger partial charge in [-0.3, -0.25) is 9.97 Å². The van der Waals surface area contributed by atoms with Crippen molar-refractivity contribution in [3.8, 4) is 5.69 Å². The molecule has 0 unspecified atom stereocenters. The fourth-order valence-corrected chi connectivity index (χ4v) is 11.1. The molecule has 3 aromatic heterocycles. The average Bonchev–Trinajstić information content (AvgIpc) is 4.14. The summed E-state index contributed by atoms with van der Waals surface area (Å²) in [5.41, 5.74) is 6.00. The van der Waals surface area contributed by atoms with Crippen molar-refractivity contribution in [2.75, 3.05) is 0 Å². The van der Waals surface area contributed by atoms with Gasteiger partial charge in [-0.25, -0.2) is 31.0 Å². The summed E-state index contributed by atoms with van der Waals surface area (Å²) < 4.78 is 82.3. The molecule has 14 heteroatoms. The van der Waals surface area contributed by atoms with Crippen LogP contribution >= 0.6 is 0 Å². The van der Waals surface area contributed by atoms with E-state index >= 15 is 0 Å². The van der Waals surface area contributed by atoms with Crippen molar-refractivity contribution >= 4 is 90.4 Å². The Bertz CT molecular complexity index is 3940. The summed E-state index contributed by atoms with van der Waals surface area (Å²) in [7, 11) is -3.30. The van der Waals surface area contributed by atoms with E-state index < -0.39 is 44.2 Å². The maximum atomic E-state index is 12.7. The van der Waals surface area contributed by atoms with Crippen LogP contribution in [-0.2, 0) is 16.3 Å². The molecule has 0 aliphatic carbocycles. The fraction of sp³-hybridized carbons (Fsp3) is 0.0615. The van der Waals surface area contributed by atoms with Crippen LogP contribution in [0.2, 0.25) is 5.79 Å². The summed E-state index contributed by atoms with van der Waals surface area (Å²) in [6.45, 7) is 1.96. The number of fused-ring (bicyclic) bond motifs is 12. The third-order valence-corrected chi connectivity index (χ3v) is 15.1. The van der Waals surface area contributed by atoms with E-state index in [1.165, 1.54) is 43.5 Å². The molecule has 1 radical (unpaired) electrons. The number of aromatic amines is 1. The molecule has 10 aromatic carbocycles. The summed E-state index contributed by atoms with van der Waals surface area (Å²) in [5, 5.41) is 10.3. The number of benzene rings is 10. The Morgan fingerprint density at radius 3 is 1.25 bits per heavy atom. The fourth-order valence-electron chi connectivity index (χ4n) is 9.35. The number of nitrogens with two attached hydrogens (primary N) is 1. The van der Waals surface area contributed by atoms with Crippen LogP contribution in [0.5, 0.6) is 0 Å². The molecule has 13 aromatic rings. The van der Waals surface area contributed by atoms with E-state index in [0.29, 0.717) is 16.2 Å². The molecule has 0 amide bonds.